The highest BCUT2D eigenvalue weighted by molar-refractivity contribution is 7.92. The van der Waals surface area contributed by atoms with Crippen molar-refractivity contribution in [3.63, 3.8) is 0 Å². The molecule has 0 amide bonds. The van der Waals surface area contributed by atoms with Gasteiger partial charge in [-0.3, -0.25) is 14.4 Å². The molecule has 8 heteroatoms. The Bertz CT molecular complexity index is 926. The fourth-order valence-corrected chi connectivity index (χ4v) is 4.85. The first-order chi connectivity index (χ1) is 11.9. The SMILES string of the molecule is COc1ccc(S(=O)(=O)N2c3ccccc3CC[C@@H]2C)cc1[N+](=O)[O-]. The van der Waals surface area contributed by atoms with Crippen LogP contribution in [0.2, 0.25) is 0 Å². The zero-order valence-electron chi connectivity index (χ0n) is 13.9. The van der Waals surface area contributed by atoms with Gasteiger partial charge in [-0.15, -0.1) is 0 Å². The van der Waals surface area contributed by atoms with Gasteiger partial charge in [-0.1, -0.05) is 18.2 Å². The maximum atomic E-state index is 13.2. The predicted octanol–water partition coefficient (Wildman–Crippen LogP) is 3.13. The summed E-state index contributed by atoms with van der Waals surface area (Å²) in [6.45, 7) is 1.84. The Morgan fingerprint density at radius 3 is 2.64 bits per heavy atom. The van der Waals surface area contributed by atoms with Crippen molar-refractivity contribution in [3.8, 4) is 5.75 Å². The molecule has 0 fully saturated rings. The molecule has 0 aliphatic carbocycles. The molecular weight excluding hydrogens is 344 g/mol. The van der Waals surface area contributed by atoms with Crippen LogP contribution in [0.25, 0.3) is 0 Å². The first kappa shape index (κ1) is 17.2. The molecule has 0 spiro atoms. The number of nitrogens with zero attached hydrogens (tertiary/aromatic N) is 2. The van der Waals surface area contributed by atoms with Crippen LogP contribution in [0.5, 0.6) is 5.75 Å². The van der Waals surface area contributed by atoms with Gasteiger partial charge in [-0.05, 0) is 43.5 Å². The Labute approximate surface area is 146 Å². The lowest BCUT2D eigenvalue weighted by molar-refractivity contribution is -0.386. The molecule has 1 aliphatic heterocycles. The monoisotopic (exact) mass is 362 g/mol. The number of rotatable bonds is 4. The molecule has 0 saturated carbocycles. The van der Waals surface area contributed by atoms with Crippen LogP contribution in [0, 0.1) is 10.1 Å². The third-order valence-corrected chi connectivity index (χ3v) is 6.29. The van der Waals surface area contributed by atoms with E-state index >= 15 is 0 Å². The number of para-hydroxylation sites is 1. The van der Waals surface area contributed by atoms with E-state index in [0.717, 1.165) is 18.1 Å². The van der Waals surface area contributed by atoms with Crippen LogP contribution >= 0.6 is 0 Å². The number of sulfonamides is 1. The third-order valence-electron chi connectivity index (χ3n) is 4.36. The highest BCUT2D eigenvalue weighted by Crippen LogP contribution is 2.37. The van der Waals surface area contributed by atoms with E-state index in [4.69, 9.17) is 4.74 Å². The summed E-state index contributed by atoms with van der Waals surface area (Å²) in [5.41, 5.74) is 1.20. The van der Waals surface area contributed by atoms with Crippen molar-refractivity contribution in [1.29, 1.82) is 0 Å². The van der Waals surface area contributed by atoms with Crippen molar-refractivity contribution in [2.75, 3.05) is 11.4 Å². The molecule has 0 N–H and O–H groups in total. The molecule has 3 rings (SSSR count). The van der Waals surface area contributed by atoms with Gasteiger partial charge < -0.3 is 4.74 Å². The van der Waals surface area contributed by atoms with Crippen LogP contribution < -0.4 is 9.04 Å². The summed E-state index contributed by atoms with van der Waals surface area (Å²) in [5, 5.41) is 11.2. The largest absolute Gasteiger partial charge is 0.490 e. The van der Waals surface area contributed by atoms with Gasteiger partial charge in [0.15, 0.2) is 5.75 Å². The molecule has 25 heavy (non-hydrogen) atoms. The summed E-state index contributed by atoms with van der Waals surface area (Å²) in [4.78, 5) is 10.4. The number of aryl methyl sites for hydroxylation is 1. The van der Waals surface area contributed by atoms with E-state index in [9.17, 15) is 18.5 Å². The van der Waals surface area contributed by atoms with Gasteiger partial charge in [0.2, 0.25) is 0 Å². The number of nitro groups is 1. The van der Waals surface area contributed by atoms with Gasteiger partial charge in [0.25, 0.3) is 10.0 Å². The van der Waals surface area contributed by atoms with Crippen LogP contribution in [-0.4, -0.2) is 26.5 Å². The fourth-order valence-electron chi connectivity index (χ4n) is 3.11. The predicted molar refractivity (Wildman–Crippen MR) is 93.5 cm³/mol. The molecule has 0 bridgehead atoms. The third kappa shape index (κ3) is 2.93. The number of fused-ring (bicyclic) bond motifs is 1. The van der Waals surface area contributed by atoms with E-state index in [1.165, 1.54) is 23.5 Å². The quantitative estimate of drug-likeness (QED) is 0.616. The van der Waals surface area contributed by atoms with Crippen LogP contribution in [-0.2, 0) is 16.4 Å². The number of benzene rings is 2. The average molecular weight is 362 g/mol. The smallest absolute Gasteiger partial charge is 0.312 e. The molecule has 0 unspecified atom stereocenters. The Morgan fingerprint density at radius 1 is 1.24 bits per heavy atom. The zero-order chi connectivity index (χ0) is 18.2. The van der Waals surface area contributed by atoms with Gasteiger partial charge in [-0.2, -0.15) is 0 Å². The lowest BCUT2D eigenvalue weighted by Gasteiger charge is -2.35. The molecule has 1 heterocycles. The van der Waals surface area contributed by atoms with Crippen molar-refractivity contribution in [2.24, 2.45) is 0 Å². The number of hydrogen-bond donors (Lipinski definition) is 0. The highest BCUT2D eigenvalue weighted by Gasteiger charge is 2.34. The second-order valence-electron chi connectivity index (χ2n) is 5.91. The van der Waals surface area contributed by atoms with Gasteiger partial charge in [0, 0.05) is 12.1 Å². The minimum absolute atomic E-state index is 0.0241. The summed E-state index contributed by atoms with van der Waals surface area (Å²) >= 11 is 0. The Kier molecular flexibility index (Phi) is 4.38. The summed E-state index contributed by atoms with van der Waals surface area (Å²) in [7, 11) is -2.63. The second kappa shape index (κ2) is 6.36. The molecule has 2 aromatic carbocycles. The van der Waals surface area contributed by atoms with Gasteiger partial charge in [0.05, 0.1) is 22.6 Å². The lowest BCUT2D eigenvalue weighted by Crippen LogP contribution is -2.42. The van der Waals surface area contributed by atoms with Crippen LogP contribution in [0.3, 0.4) is 0 Å². The first-order valence-electron chi connectivity index (χ1n) is 7.81. The van der Waals surface area contributed by atoms with E-state index in [0.29, 0.717) is 12.1 Å². The molecule has 132 valence electrons. The first-order valence-corrected chi connectivity index (χ1v) is 9.25. The molecule has 7 nitrogen and oxygen atoms in total. The van der Waals surface area contributed by atoms with Crippen molar-refractivity contribution >= 4 is 21.4 Å². The molecule has 0 aromatic heterocycles. The minimum Gasteiger partial charge on any atom is -0.490 e. The fraction of sp³-hybridized carbons (Fsp3) is 0.294. The Balaban J connectivity index is 2.14. The molecular formula is C17H18N2O5S. The molecule has 0 radical (unpaired) electrons. The number of nitro benzene ring substituents is 1. The number of anilines is 1. The molecule has 1 atom stereocenters. The summed E-state index contributed by atoms with van der Waals surface area (Å²) < 4.78 is 32.7. The topological polar surface area (TPSA) is 89.8 Å². The van der Waals surface area contributed by atoms with E-state index in [-0.39, 0.29) is 22.4 Å². The van der Waals surface area contributed by atoms with Gasteiger partial charge in [-0.25, -0.2) is 8.42 Å². The standard InChI is InChI=1S/C17H18N2O5S/c1-12-7-8-13-5-3-4-6-15(13)18(12)25(22,23)14-9-10-17(24-2)16(11-14)19(20)21/h3-6,9-12H,7-8H2,1-2H3/t12-/m0/s1. The van der Waals surface area contributed by atoms with Gasteiger partial charge >= 0.3 is 5.69 Å². The molecule has 1 aliphatic rings. The number of ether oxygens (including phenoxy) is 1. The van der Waals surface area contributed by atoms with Crippen molar-refractivity contribution < 1.29 is 18.1 Å². The number of methoxy groups -OCH3 is 1. The number of hydrogen-bond acceptors (Lipinski definition) is 5. The normalized spacial score (nSPS) is 17.0. The Morgan fingerprint density at radius 2 is 1.96 bits per heavy atom. The van der Waals surface area contributed by atoms with E-state index in [2.05, 4.69) is 0 Å². The van der Waals surface area contributed by atoms with Crippen LogP contribution in [0.4, 0.5) is 11.4 Å². The minimum atomic E-state index is -3.93. The molecule has 0 saturated heterocycles. The average Bonchev–Trinajstić information content (AvgIpc) is 2.60. The van der Waals surface area contributed by atoms with Crippen LogP contribution in [0.15, 0.2) is 47.4 Å². The van der Waals surface area contributed by atoms with E-state index in [1.807, 2.05) is 19.1 Å². The van der Waals surface area contributed by atoms with E-state index in [1.54, 1.807) is 12.1 Å². The zero-order valence-corrected chi connectivity index (χ0v) is 14.7. The van der Waals surface area contributed by atoms with Crippen molar-refractivity contribution in [2.45, 2.75) is 30.7 Å². The maximum absolute atomic E-state index is 13.2. The lowest BCUT2D eigenvalue weighted by atomic mass is 9.99. The molecule has 2 aromatic rings. The Hall–Kier alpha value is -2.61. The highest BCUT2D eigenvalue weighted by atomic mass is 32.2. The second-order valence-corrected chi connectivity index (χ2v) is 7.72. The van der Waals surface area contributed by atoms with Crippen molar-refractivity contribution in [3.05, 3.63) is 58.1 Å². The van der Waals surface area contributed by atoms with E-state index < -0.39 is 14.9 Å². The van der Waals surface area contributed by atoms with Crippen LogP contribution in [0.1, 0.15) is 18.9 Å². The maximum Gasteiger partial charge on any atom is 0.312 e. The summed E-state index contributed by atoms with van der Waals surface area (Å²) in [6, 6.07) is 10.8. The summed E-state index contributed by atoms with van der Waals surface area (Å²) in [5.74, 6) is 0.0241. The van der Waals surface area contributed by atoms with Crippen molar-refractivity contribution in [1.82, 2.24) is 0 Å². The summed E-state index contributed by atoms with van der Waals surface area (Å²) in [6.07, 6.45) is 1.49. The van der Waals surface area contributed by atoms with Gasteiger partial charge in [0.1, 0.15) is 0 Å².